The van der Waals surface area contributed by atoms with Crippen LogP contribution in [0.3, 0.4) is 0 Å². The lowest BCUT2D eigenvalue weighted by Gasteiger charge is -2.15. The lowest BCUT2D eigenvalue weighted by molar-refractivity contribution is 0.158. The maximum absolute atomic E-state index is 11.0. The van der Waals surface area contributed by atoms with Crippen LogP contribution in [0, 0.1) is 0 Å². The molecule has 0 bridgehead atoms. The molecule has 0 amide bonds. The van der Waals surface area contributed by atoms with E-state index in [1.807, 2.05) is 0 Å². The number of aliphatic hydroxyl groups excluding tert-OH is 1. The lowest BCUT2D eigenvalue weighted by Crippen LogP contribution is -2.44. The number of hydrogen-bond donors (Lipinski definition) is 3. The quantitative estimate of drug-likeness (QED) is 0.536. The maximum atomic E-state index is 11.0. The standard InChI is InChI=1S/C6H14N2O3S/c1-7-12(10,11)8-5-3-2-4-6(5)9/h5-9H,2-4H2,1H3. The highest BCUT2D eigenvalue weighted by atomic mass is 32.2. The Morgan fingerprint density at radius 3 is 2.50 bits per heavy atom. The molecular weight excluding hydrogens is 180 g/mol. The first-order chi connectivity index (χ1) is 5.55. The van der Waals surface area contributed by atoms with Gasteiger partial charge in [-0.05, 0) is 19.3 Å². The van der Waals surface area contributed by atoms with Crippen molar-refractivity contribution in [3.8, 4) is 0 Å². The minimum atomic E-state index is -3.40. The molecule has 5 nitrogen and oxygen atoms in total. The zero-order valence-corrected chi connectivity index (χ0v) is 7.76. The Balaban J connectivity index is 2.51. The molecule has 2 atom stereocenters. The van der Waals surface area contributed by atoms with Crippen molar-refractivity contribution < 1.29 is 13.5 Å². The van der Waals surface area contributed by atoms with Gasteiger partial charge in [-0.2, -0.15) is 13.1 Å². The van der Waals surface area contributed by atoms with Crippen molar-refractivity contribution >= 4 is 10.2 Å². The van der Waals surface area contributed by atoms with Gasteiger partial charge in [-0.15, -0.1) is 0 Å². The first kappa shape index (κ1) is 9.91. The van der Waals surface area contributed by atoms with Gasteiger partial charge in [-0.25, -0.2) is 4.72 Å². The predicted molar refractivity (Wildman–Crippen MR) is 44.8 cm³/mol. The number of aliphatic hydroxyl groups is 1. The molecule has 0 heterocycles. The average Bonchev–Trinajstić information content (AvgIpc) is 2.36. The summed E-state index contributed by atoms with van der Waals surface area (Å²) in [4.78, 5) is 0. The van der Waals surface area contributed by atoms with Crippen LogP contribution in [0.5, 0.6) is 0 Å². The summed E-state index contributed by atoms with van der Waals surface area (Å²) in [5.74, 6) is 0. The van der Waals surface area contributed by atoms with Gasteiger partial charge < -0.3 is 5.11 Å². The third kappa shape index (κ3) is 2.41. The maximum Gasteiger partial charge on any atom is 0.276 e. The van der Waals surface area contributed by atoms with Crippen molar-refractivity contribution in [3.05, 3.63) is 0 Å². The fourth-order valence-electron chi connectivity index (χ4n) is 1.34. The van der Waals surface area contributed by atoms with Crippen LogP contribution in [0.15, 0.2) is 0 Å². The second kappa shape index (κ2) is 3.69. The van der Waals surface area contributed by atoms with Crippen molar-refractivity contribution in [2.45, 2.75) is 31.4 Å². The fourth-order valence-corrected chi connectivity index (χ4v) is 2.13. The molecule has 2 unspecified atom stereocenters. The summed E-state index contributed by atoms with van der Waals surface area (Å²) >= 11 is 0. The molecule has 0 spiro atoms. The Kier molecular flexibility index (Phi) is 3.05. The topological polar surface area (TPSA) is 78.4 Å². The van der Waals surface area contributed by atoms with Crippen LogP contribution in [0.4, 0.5) is 0 Å². The summed E-state index contributed by atoms with van der Waals surface area (Å²) in [6, 6.07) is -0.317. The molecule has 1 saturated carbocycles. The van der Waals surface area contributed by atoms with E-state index < -0.39 is 16.3 Å². The van der Waals surface area contributed by atoms with E-state index in [9.17, 15) is 13.5 Å². The zero-order chi connectivity index (χ0) is 9.19. The molecule has 3 N–H and O–H groups in total. The normalized spacial score (nSPS) is 30.8. The van der Waals surface area contributed by atoms with Crippen LogP contribution in [-0.2, 0) is 10.2 Å². The molecule has 1 rings (SSSR count). The van der Waals surface area contributed by atoms with Crippen molar-refractivity contribution in [2.24, 2.45) is 0 Å². The van der Waals surface area contributed by atoms with E-state index in [-0.39, 0.29) is 6.04 Å². The van der Waals surface area contributed by atoms with Gasteiger partial charge in [0, 0.05) is 13.1 Å². The largest absolute Gasteiger partial charge is 0.391 e. The summed E-state index contributed by atoms with van der Waals surface area (Å²) in [5, 5.41) is 9.29. The summed E-state index contributed by atoms with van der Waals surface area (Å²) < 4.78 is 26.4. The first-order valence-corrected chi connectivity index (χ1v) is 5.42. The SMILES string of the molecule is CNS(=O)(=O)NC1CCCC1O. The summed E-state index contributed by atoms with van der Waals surface area (Å²) in [7, 11) is -2.06. The van der Waals surface area contributed by atoms with E-state index in [0.717, 1.165) is 6.42 Å². The number of rotatable bonds is 3. The van der Waals surface area contributed by atoms with Crippen LogP contribution >= 0.6 is 0 Å². The van der Waals surface area contributed by atoms with Gasteiger partial charge in [-0.3, -0.25) is 0 Å². The van der Waals surface area contributed by atoms with Gasteiger partial charge in [0.1, 0.15) is 0 Å². The van der Waals surface area contributed by atoms with Gasteiger partial charge >= 0.3 is 0 Å². The molecule has 1 aliphatic carbocycles. The minimum absolute atomic E-state index is 0.317. The molecule has 0 aliphatic heterocycles. The van der Waals surface area contributed by atoms with Crippen LogP contribution in [0.2, 0.25) is 0 Å². The van der Waals surface area contributed by atoms with E-state index in [1.165, 1.54) is 7.05 Å². The Morgan fingerprint density at radius 1 is 1.42 bits per heavy atom. The van der Waals surface area contributed by atoms with Gasteiger partial charge in [0.15, 0.2) is 0 Å². The average molecular weight is 194 g/mol. The van der Waals surface area contributed by atoms with Crippen LogP contribution in [-0.4, -0.2) is 32.7 Å². The molecular formula is C6H14N2O3S. The molecule has 72 valence electrons. The van der Waals surface area contributed by atoms with Gasteiger partial charge in [0.05, 0.1) is 6.10 Å². The van der Waals surface area contributed by atoms with E-state index in [1.54, 1.807) is 0 Å². The number of nitrogens with one attached hydrogen (secondary N) is 2. The van der Waals surface area contributed by atoms with Crippen molar-refractivity contribution in [1.82, 2.24) is 9.44 Å². The molecule has 1 fully saturated rings. The highest BCUT2D eigenvalue weighted by Gasteiger charge is 2.28. The summed E-state index contributed by atoms with van der Waals surface area (Å²) in [6.45, 7) is 0. The summed E-state index contributed by atoms with van der Waals surface area (Å²) in [5.41, 5.74) is 0. The van der Waals surface area contributed by atoms with Gasteiger partial charge in [-0.1, -0.05) is 0 Å². The third-order valence-corrected chi connectivity index (χ3v) is 3.21. The van der Waals surface area contributed by atoms with E-state index in [4.69, 9.17) is 0 Å². The molecule has 0 radical (unpaired) electrons. The highest BCUT2D eigenvalue weighted by Crippen LogP contribution is 2.18. The fraction of sp³-hybridized carbons (Fsp3) is 1.00. The molecule has 12 heavy (non-hydrogen) atoms. The van der Waals surface area contributed by atoms with Crippen LogP contribution in [0.1, 0.15) is 19.3 Å². The van der Waals surface area contributed by atoms with Crippen molar-refractivity contribution in [3.63, 3.8) is 0 Å². The number of hydrogen-bond acceptors (Lipinski definition) is 3. The second-order valence-corrected chi connectivity index (χ2v) is 4.58. The molecule has 1 aliphatic rings. The lowest BCUT2D eigenvalue weighted by atomic mass is 10.2. The Labute approximate surface area is 72.3 Å². The zero-order valence-electron chi connectivity index (χ0n) is 6.95. The summed E-state index contributed by atoms with van der Waals surface area (Å²) in [6.07, 6.45) is 1.73. The van der Waals surface area contributed by atoms with E-state index in [0.29, 0.717) is 12.8 Å². The van der Waals surface area contributed by atoms with Crippen molar-refractivity contribution in [1.29, 1.82) is 0 Å². The van der Waals surface area contributed by atoms with Gasteiger partial charge in [0.2, 0.25) is 0 Å². The first-order valence-electron chi connectivity index (χ1n) is 3.94. The molecule has 0 saturated heterocycles. The monoisotopic (exact) mass is 194 g/mol. The van der Waals surface area contributed by atoms with Crippen LogP contribution in [0.25, 0.3) is 0 Å². The predicted octanol–water partition coefficient (Wildman–Crippen LogP) is -1.05. The van der Waals surface area contributed by atoms with Crippen molar-refractivity contribution in [2.75, 3.05) is 7.05 Å². The Morgan fingerprint density at radius 2 is 2.08 bits per heavy atom. The highest BCUT2D eigenvalue weighted by molar-refractivity contribution is 7.87. The van der Waals surface area contributed by atoms with Gasteiger partial charge in [0.25, 0.3) is 10.2 Å². The minimum Gasteiger partial charge on any atom is -0.391 e. The van der Waals surface area contributed by atoms with E-state index >= 15 is 0 Å². The third-order valence-electron chi connectivity index (χ3n) is 2.05. The molecule has 0 aromatic carbocycles. The smallest absolute Gasteiger partial charge is 0.276 e. The second-order valence-electron chi connectivity index (χ2n) is 2.93. The molecule has 6 heteroatoms. The molecule has 0 aromatic rings. The Hall–Kier alpha value is -0.170. The Bertz CT molecular complexity index is 239. The molecule has 0 aromatic heterocycles. The van der Waals surface area contributed by atoms with Crippen LogP contribution < -0.4 is 9.44 Å². The van der Waals surface area contributed by atoms with E-state index in [2.05, 4.69) is 9.44 Å².